The number of halogens is 8. The molecule has 4 rings (SSSR count). The van der Waals surface area contributed by atoms with Crippen molar-refractivity contribution in [3.05, 3.63) is 80.5 Å². The molecule has 1 aromatic heterocycles. The number of carbonyl (C=O) groups excluding carboxylic acids is 1. The Kier molecular flexibility index (Phi) is 7.42. The molecule has 0 atom stereocenters. The van der Waals surface area contributed by atoms with E-state index in [1.807, 2.05) is 0 Å². The lowest BCUT2D eigenvalue weighted by Crippen LogP contribution is -2.43. The van der Waals surface area contributed by atoms with Crippen molar-refractivity contribution in [1.82, 2.24) is 15.3 Å². The van der Waals surface area contributed by atoms with Gasteiger partial charge >= 0.3 is 12.4 Å². The number of nitrogens with one attached hydrogen (secondary N) is 2. The molecule has 1 heterocycles. The monoisotopic (exact) mass is 563 g/mol. The molecule has 14 heteroatoms. The van der Waals surface area contributed by atoms with E-state index in [0.717, 1.165) is 6.07 Å². The van der Waals surface area contributed by atoms with Gasteiger partial charge in [0.2, 0.25) is 5.91 Å². The second-order valence-electron chi connectivity index (χ2n) is 8.49. The Bertz CT molecular complexity index is 1420. The Morgan fingerprint density at radius 1 is 1.08 bits per heavy atom. The Labute approximate surface area is 214 Å². The number of rotatable bonds is 6. The number of carbonyl (C=O) groups is 1. The maximum atomic E-state index is 15.3. The van der Waals surface area contributed by atoms with Crippen LogP contribution in [0.2, 0.25) is 5.02 Å². The molecular formula is C24H17ClF7N3O3. The van der Waals surface area contributed by atoms with Crippen LogP contribution in [0.5, 0.6) is 5.75 Å². The quantitative estimate of drug-likeness (QED) is 0.375. The van der Waals surface area contributed by atoms with Gasteiger partial charge in [-0.1, -0.05) is 29.8 Å². The molecule has 1 amide bonds. The standard InChI is InChI=1S/C24H17ClF7N3O3/c25-15-3-1-2-4-16(15)38-13-7-12(8-13)22(37)33-10-11-5-6-14(23(27,28)29)19(20(11)26)21-34-17(24(30,31)32)9-18(36)35-21/h1-6,9,12-13H,7-8,10H2,(H,33,37)(H,34,35,36)/t12-,13+. The van der Waals surface area contributed by atoms with Crippen molar-refractivity contribution in [2.45, 2.75) is 37.8 Å². The summed E-state index contributed by atoms with van der Waals surface area (Å²) in [4.78, 5) is 28.9. The van der Waals surface area contributed by atoms with Crippen LogP contribution in [0, 0.1) is 11.7 Å². The third-order valence-electron chi connectivity index (χ3n) is 5.85. The molecule has 6 nitrogen and oxygen atoms in total. The molecule has 1 aliphatic rings. The Balaban J connectivity index is 1.52. The number of alkyl halides is 6. The van der Waals surface area contributed by atoms with Gasteiger partial charge in [0.05, 0.1) is 16.1 Å². The number of nitrogens with zero attached hydrogens (tertiary/aromatic N) is 1. The van der Waals surface area contributed by atoms with E-state index in [2.05, 4.69) is 10.3 Å². The Hall–Kier alpha value is -3.61. The fourth-order valence-corrected chi connectivity index (χ4v) is 4.05. The highest BCUT2D eigenvalue weighted by Gasteiger charge is 2.39. The number of benzene rings is 2. The molecule has 3 aromatic rings. The van der Waals surface area contributed by atoms with Gasteiger partial charge in [0.15, 0.2) is 5.69 Å². The van der Waals surface area contributed by atoms with Gasteiger partial charge in [-0.25, -0.2) is 9.37 Å². The predicted molar refractivity (Wildman–Crippen MR) is 121 cm³/mol. The Morgan fingerprint density at radius 2 is 1.76 bits per heavy atom. The SMILES string of the molecule is O=c1cc(C(F)(F)F)nc(-c2c(C(F)(F)F)ccc(CNC(=O)[C@H]3C[C@@H](Oc4ccccc4Cl)C3)c2F)[nH]1. The van der Waals surface area contributed by atoms with Crippen LogP contribution in [0.15, 0.2) is 47.3 Å². The average Bonchev–Trinajstić information content (AvgIpc) is 2.79. The predicted octanol–water partition coefficient (Wildman–Crippen LogP) is 5.74. The van der Waals surface area contributed by atoms with Crippen LogP contribution in [-0.4, -0.2) is 22.0 Å². The first kappa shape index (κ1) is 27.4. The van der Waals surface area contributed by atoms with Gasteiger partial charge in [0.25, 0.3) is 5.56 Å². The minimum Gasteiger partial charge on any atom is -0.489 e. The third-order valence-corrected chi connectivity index (χ3v) is 6.16. The van der Waals surface area contributed by atoms with Crippen molar-refractivity contribution in [2.75, 3.05) is 0 Å². The molecule has 1 aliphatic carbocycles. The smallest absolute Gasteiger partial charge is 0.433 e. The Morgan fingerprint density at radius 3 is 2.39 bits per heavy atom. The van der Waals surface area contributed by atoms with E-state index < -0.39 is 70.3 Å². The van der Waals surface area contributed by atoms with Gasteiger partial charge in [-0.3, -0.25) is 9.59 Å². The highest BCUT2D eigenvalue weighted by atomic mass is 35.5. The summed E-state index contributed by atoms with van der Waals surface area (Å²) in [5.41, 5.74) is -6.69. The van der Waals surface area contributed by atoms with Gasteiger partial charge < -0.3 is 15.0 Å². The van der Waals surface area contributed by atoms with Gasteiger partial charge in [0, 0.05) is 24.1 Å². The zero-order valence-corrected chi connectivity index (χ0v) is 19.8. The van der Waals surface area contributed by atoms with Crippen LogP contribution < -0.4 is 15.6 Å². The molecule has 38 heavy (non-hydrogen) atoms. The number of hydrogen-bond donors (Lipinski definition) is 2. The van der Waals surface area contributed by atoms with E-state index >= 15 is 4.39 Å². The van der Waals surface area contributed by atoms with Gasteiger partial charge in [-0.2, -0.15) is 26.3 Å². The summed E-state index contributed by atoms with van der Waals surface area (Å²) >= 11 is 6.03. The number of ether oxygens (including phenoxy) is 1. The third kappa shape index (κ3) is 5.93. The second kappa shape index (κ2) is 10.3. The van der Waals surface area contributed by atoms with Gasteiger partial charge in [-0.05, 0) is 31.0 Å². The average molecular weight is 564 g/mol. The lowest BCUT2D eigenvalue weighted by Gasteiger charge is -2.34. The lowest BCUT2D eigenvalue weighted by atomic mass is 9.81. The summed E-state index contributed by atoms with van der Waals surface area (Å²) in [6.07, 6.45) is -10.0. The molecule has 0 radical (unpaired) electrons. The second-order valence-corrected chi connectivity index (χ2v) is 8.90. The summed E-state index contributed by atoms with van der Waals surface area (Å²) in [7, 11) is 0. The van der Waals surface area contributed by atoms with Crippen molar-refractivity contribution < 1.29 is 40.3 Å². The van der Waals surface area contributed by atoms with Crippen LogP contribution in [0.1, 0.15) is 29.7 Å². The molecule has 202 valence electrons. The summed E-state index contributed by atoms with van der Waals surface area (Å²) in [5, 5.41) is 2.80. The van der Waals surface area contributed by atoms with E-state index in [1.54, 1.807) is 29.2 Å². The number of aromatic amines is 1. The van der Waals surface area contributed by atoms with E-state index in [4.69, 9.17) is 16.3 Å². The first-order valence-corrected chi connectivity index (χ1v) is 11.4. The number of hydrogen-bond acceptors (Lipinski definition) is 4. The molecule has 0 saturated heterocycles. The number of aromatic nitrogens is 2. The van der Waals surface area contributed by atoms with Crippen LogP contribution in [-0.2, 0) is 23.7 Å². The molecule has 1 saturated carbocycles. The summed E-state index contributed by atoms with van der Waals surface area (Å²) < 4.78 is 101. The summed E-state index contributed by atoms with van der Waals surface area (Å²) in [6.45, 7) is -0.564. The maximum Gasteiger partial charge on any atom is 0.433 e. The topological polar surface area (TPSA) is 84.1 Å². The summed E-state index contributed by atoms with van der Waals surface area (Å²) in [5.74, 6) is -3.42. The number of amides is 1. The fraction of sp³-hybridized carbons (Fsp3) is 0.292. The van der Waals surface area contributed by atoms with Crippen molar-refractivity contribution in [3.8, 4) is 17.1 Å². The fourth-order valence-electron chi connectivity index (χ4n) is 3.87. The van der Waals surface area contributed by atoms with Crippen molar-refractivity contribution in [3.63, 3.8) is 0 Å². The molecule has 0 bridgehead atoms. The molecule has 2 N–H and O–H groups in total. The summed E-state index contributed by atoms with van der Waals surface area (Å²) in [6, 6.07) is 7.97. The zero-order chi connectivity index (χ0) is 27.8. The normalized spacial score (nSPS) is 17.6. The highest BCUT2D eigenvalue weighted by Crippen LogP contribution is 2.39. The van der Waals surface area contributed by atoms with E-state index in [9.17, 15) is 35.9 Å². The molecule has 2 aromatic carbocycles. The molecular weight excluding hydrogens is 547 g/mol. The highest BCUT2D eigenvalue weighted by molar-refractivity contribution is 6.32. The molecule has 0 aliphatic heterocycles. The van der Waals surface area contributed by atoms with Crippen molar-refractivity contribution in [2.24, 2.45) is 5.92 Å². The zero-order valence-electron chi connectivity index (χ0n) is 19.0. The van der Waals surface area contributed by atoms with Crippen LogP contribution >= 0.6 is 11.6 Å². The minimum atomic E-state index is -5.19. The van der Waals surface area contributed by atoms with Crippen LogP contribution in [0.4, 0.5) is 30.7 Å². The number of H-pyrrole nitrogens is 1. The van der Waals surface area contributed by atoms with Gasteiger partial charge in [-0.15, -0.1) is 0 Å². The molecule has 0 unspecified atom stereocenters. The number of para-hydroxylation sites is 1. The largest absolute Gasteiger partial charge is 0.489 e. The molecule has 0 spiro atoms. The van der Waals surface area contributed by atoms with Crippen LogP contribution in [0.3, 0.4) is 0 Å². The van der Waals surface area contributed by atoms with Crippen molar-refractivity contribution >= 4 is 17.5 Å². The van der Waals surface area contributed by atoms with Crippen molar-refractivity contribution in [1.29, 1.82) is 0 Å². The lowest BCUT2D eigenvalue weighted by molar-refractivity contribution is -0.141. The van der Waals surface area contributed by atoms with Crippen LogP contribution in [0.25, 0.3) is 11.4 Å². The van der Waals surface area contributed by atoms with Gasteiger partial charge in [0.1, 0.15) is 23.5 Å². The molecule has 1 fully saturated rings. The van der Waals surface area contributed by atoms with E-state index in [1.165, 1.54) is 0 Å². The minimum absolute atomic E-state index is 0.0417. The first-order valence-electron chi connectivity index (χ1n) is 11.0. The first-order chi connectivity index (χ1) is 17.7. The van der Waals surface area contributed by atoms with E-state index in [-0.39, 0.29) is 12.2 Å². The van der Waals surface area contributed by atoms with E-state index in [0.29, 0.717) is 29.7 Å². The maximum absolute atomic E-state index is 15.3.